The highest BCUT2D eigenvalue weighted by Gasteiger charge is 2.74. The van der Waals surface area contributed by atoms with Gasteiger partial charge < -0.3 is 19.7 Å². The molecule has 0 bridgehead atoms. The number of Topliss-reactive ketones (excluding diaryl/α,β-unsaturated/α-hetero) is 1. The zero-order valence-corrected chi connectivity index (χ0v) is 20.2. The van der Waals surface area contributed by atoms with E-state index in [0.717, 1.165) is 12.0 Å². The van der Waals surface area contributed by atoms with Crippen LogP contribution in [0, 0.1) is 40.4 Å². The van der Waals surface area contributed by atoms with E-state index in [4.69, 9.17) is 9.47 Å². The summed E-state index contributed by atoms with van der Waals surface area (Å²) in [6, 6.07) is 0. The van der Waals surface area contributed by atoms with Gasteiger partial charge in [-0.3, -0.25) is 9.59 Å². The van der Waals surface area contributed by atoms with Crippen molar-refractivity contribution in [3.63, 3.8) is 0 Å². The molecule has 6 nitrogen and oxygen atoms in total. The van der Waals surface area contributed by atoms with Gasteiger partial charge in [-0.1, -0.05) is 52.8 Å². The molecule has 4 aliphatic carbocycles. The second-order valence-corrected chi connectivity index (χ2v) is 11.5. The minimum atomic E-state index is -1.83. The molecule has 180 valence electrons. The fourth-order valence-corrected chi connectivity index (χ4v) is 8.01. The Balaban J connectivity index is 1.60. The van der Waals surface area contributed by atoms with E-state index < -0.39 is 28.5 Å². The second kappa shape index (κ2) is 7.20. The summed E-state index contributed by atoms with van der Waals surface area (Å²) >= 11 is 0. The summed E-state index contributed by atoms with van der Waals surface area (Å²) in [5, 5.41) is 22.9. The van der Waals surface area contributed by atoms with E-state index in [2.05, 4.69) is 19.9 Å². The molecular formula is C27H36O6. The van der Waals surface area contributed by atoms with Gasteiger partial charge in [-0.05, 0) is 54.7 Å². The van der Waals surface area contributed by atoms with Crippen LogP contribution in [0.15, 0.2) is 36.0 Å². The van der Waals surface area contributed by atoms with E-state index in [1.807, 2.05) is 32.9 Å². The first-order valence-corrected chi connectivity index (χ1v) is 12.3. The largest absolute Gasteiger partial charge is 0.393 e. The van der Waals surface area contributed by atoms with Crippen molar-refractivity contribution in [1.82, 2.24) is 0 Å². The number of aliphatic hydroxyl groups excluding tert-OH is 1. The average Bonchev–Trinajstić information content (AvgIpc) is 2.98. The zero-order valence-electron chi connectivity index (χ0n) is 20.2. The lowest BCUT2D eigenvalue weighted by Gasteiger charge is -2.60. The van der Waals surface area contributed by atoms with E-state index in [0.29, 0.717) is 12.8 Å². The van der Waals surface area contributed by atoms with Gasteiger partial charge >= 0.3 is 0 Å². The Hall–Kier alpha value is -1.60. The smallest absolute Gasteiger partial charge is 0.284 e. The predicted octanol–water partition coefficient (Wildman–Crippen LogP) is 3.33. The molecular weight excluding hydrogens is 420 g/mol. The maximum Gasteiger partial charge on any atom is 0.284 e. The maximum atomic E-state index is 13.6. The second-order valence-electron chi connectivity index (χ2n) is 11.5. The van der Waals surface area contributed by atoms with Crippen LogP contribution < -0.4 is 0 Å². The number of ether oxygens (including phenoxy) is 2. The number of hydrogen-bond acceptors (Lipinski definition) is 6. The van der Waals surface area contributed by atoms with Crippen LogP contribution in [0.3, 0.4) is 0 Å². The van der Waals surface area contributed by atoms with Gasteiger partial charge in [-0.25, -0.2) is 0 Å². The molecule has 1 spiro atoms. The van der Waals surface area contributed by atoms with E-state index in [-0.39, 0.29) is 47.8 Å². The van der Waals surface area contributed by atoms with Crippen molar-refractivity contribution in [2.45, 2.75) is 71.6 Å². The quantitative estimate of drug-likeness (QED) is 0.662. The maximum absolute atomic E-state index is 13.6. The zero-order chi connectivity index (χ0) is 24.0. The van der Waals surface area contributed by atoms with Crippen LogP contribution in [0.25, 0.3) is 0 Å². The van der Waals surface area contributed by atoms with E-state index >= 15 is 0 Å². The van der Waals surface area contributed by atoms with E-state index in [1.54, 1.807) is 12.2 Å². The summed E-state index contributed by atoms with van der Waals surface area (Å²) in [6.07, 6.45) is 10.5. The molecule has 0 amide bonds. The van der Waals surface area contributed by atoms with Crippen molar-refractivity contribution in [3.05, 3.63) is 36.0 Å². The number of aliphatic hydroxyl groups is 2. The number of hydrogen-bond donors (Lipinski definition) is 2. The number of carbonyl (C=O) groups is 2. The first-order valence-electron chi connectivity index (χ1n) is 12.3. The summed E-state index contributed by atoms with van der Waals surface area (Å²) < 4.78 is 12.0. The summed E-state index contributed by atoms with van der Waals surface area (Å²) in [6.45, 7) is 9.82. The third kappa shape index (κ3) is 2.81. The van der Waals surface area contributed by atoms with Crippen molar-refractivity contribution in [2.24, 2.45) is 40.4 Å². The minimum absolute atomic E-state index is 0.0245. The Bertz CT molecular complexity index is 981. The topological polar surface area (TPSA) is 93.1 Å². The van der Waals surface area contributed by atoms with Crippen molar-refractivity contribution in [3.8, 4) is 0 Å². The summed E-state index contributed by atoms with van der Waals surface area (Å²) in [5.74, 6) is -2.42. The summed E-state index contributed by atoms with van der Waals surface area (Å²) in [7, 11) is 0. The Kier molecular flexibility index (Phi) is 5.05. The molecule has 0 radical (unpaired) electrons. The fraction of sp³-hybridized carbons (Fsp3) is 0.704. The van der Waals surface area contributed by atoms with Gasteiger partial charge in [0.15, 0.2) is 11.6 Å². The molecule has 5 rings (SSSR count). The van der Waals surface area contributed by atoms with Crippen LogP contribution in [0.5, 0.6) is 0 Å². The lowest BCUT2D eigenvalue weighted by molar-refractivity contribution is -0.438. The monoisotopic (exact) mass is 456 g/mol. The van der Waals surface area contributed by atoms with Crippen molar-refractivity contribution in [1.29, 1.82) is 0 Å². The highest BCUT2D eigenvalue weighted by molar-refractivity contribution is 6.01. The molecule has 1 saturated heterocycles. The highest BCUT2D eigenvalue weighted by Crippen LogP contribution is 2.69. The van der Waals surface area contributed by atoms with E-state index in [9.17, 15) is 19.8 Å². The molecule has 2 saturated carbocycles. The molecule has 0 aromatic carbocycles. The molecule has 3 fully saturated rings. The molecule has 2 unspecified atom stereocenters. The summed E-state index contributed by atoms with van der Waals surface area (Å²) in [4.78, 5) is 25.6. The Morgan fingerprint density at radius 1 is 1.24 bits per heavy atom. The Morgan fingerprint density at radius 3 is 2.67 bits per heavy atom. The highest BCUT2D eigenvalue weighted by atomic mass is 16.8. The van der Waals surface area contributed by atoms with Crippen LogP contribution in [0.1, 0.15) is 53.9 Å². The first-order chi connectivity index (χ1) is 15.4. The van der Waals surface area contributed by atoms with Gasteiger partial charge in [0.1, 0.15) is 12.2 Å². The van der Waals surface area contributed by atoms with Crippen molar-refractivity contribution >= 4 is 11.6 Å². The fourth-order valence-electron chi connectivity index (χ4n) is 8.01. The standard InChI is InChI=1S/C27H36O6/c1-6-15(2)27(31)32-14-22(30)26(33-27)16(3)11-20-19-8-7-17-12-18(28)9-10-24(17,4)23(19)21(29)13-25(20,26)5/h7-10,12,15-16,19-21,23,29,31H,6,11,13-14H2,1-5H3/t15?,16-,19-,20-,21-,23+,24-,25-,26-,27?/m0/s1. The lowest BCUT2D eigenvalue weighted by Crippen LogP contribution is -2.69. The molecule has 1 aliphatic heterocycles. The van der Waals surface area contributed by atoms with Crippen LogP contribution in [0.2, 0.25) is 0 Å². The summed E-state index contributed by atoms with van der Waals surface area (Å²) in [5.41, 5.74) is -1.39. The van der Waals surface area contributed by atoms with Gasteiger partial charge in [0.2, 0.25) is 0 Å². The van der Waals surface area contributed by atoms with Gasteiger partial charge in [0.25, 0.3) is 5.97 Å². The third-order valence-electron chi connectivity index (χ3n) is 9.97. The predicted molar refractivity (Wildman–Crippen MR) is 122 cm³/mol. The van der Waals surface area contributed by atoms with Gasteiger partial charge in [0.05, 0.1) is 6.10 Å². The van der Waals surface area contributed by atoms with Gasteiger partial charge in [0, 0.05) is 22.7 Å². The number of fused-ring (bicyclic) bond motifs is 6. The molecule has 5 aliphatic rings. The third-order valence-corrected chi connectivity index (χ3v) is 9.97. The lowest BCUT2D eigenvalue weighted by atomic mass is 9.47. The number of carbonyl (C=O) groups excluding carboxylic acids is 2. The molecule has 1 heterocycles. The van der Waals surface area contributed by atoms with Crippen molar-refractivity contribution in [2.75, 3.05) is 6.61 Å². The van der Waals surface area contributed by atoms with Crippen LogP contribution in [0.4, 0.5) is 0 Å². The van der Waals surface area contributed by atoms with Gasteiger partial charge in [-0.15, -0.1) is 0 Å². The van der Waals surface area contributed by atoms with E-state index in [1.165, 1.54) is 0 Å². The first kappa shape index (κ1) is 23.2. The van der Waals surface area contributed by atoms with Crippen LogP contribution >= 0.6 is 0 Å². The average molecular weight is 457 g/mol. The molecule has 2 N–H and O–H groups in total. The van der Waals surface area contributed by atoms with Crippen LogP contribution in [-0.4, -0.2) is 46.1 Å². The number of ketones is 2. The Morgan fingerprint density at radius 2 is 1.97 bits per heavy atom. The van der Waals surface area contributed by atoms with Crippen molar-refractivity contribution < 1.29 is 29.3 Å². The van der Waals surface area contributed by atoms with Crippen LogP contribution in [-0.2, 0) is 19.1 Å². The number of allylic oxidation sites excluding steroid dienone is 6. The molecule has 6 heteroatoms. The SMILES string of the molecule is CCC(C)C1(O)OCC(=O)[C@@]2(O1)[C@@H](C)C[C@H]1[C@@H]3C=CC4=CC(=O)C=C[C@]4(C)[C@H]3[C@@H](O)C[C@@]12C. The minimum Gasteiger partial charge on any atom is -0.393 e. The Labute approximate surface area is 195 Å². The molecule has 0 aromatic rings. The number of rotatable bonds is 2. The molecule has 0 aromatic heterocycles. The molecule has 33 heavy (non-hydrogen) atoms. The van der Waals surface area contributed by atoms with Gasteiger partial charge in [-0.2, -0.15) is 0 Å². The normalized spacial score (nSPS) is 51.7. The molecule has 10 atom stereocenters.